The highest BCUT2D eigenvalue weighted by Crippen LogP contribution is 2.36. The van der Waals surface area contributed by atoms with Gasteiger partial charge in [-0.25, -0.2) is 9.97 Å². The zero-order chi connectivity index (χ0) is 15.7. The zero-order valence-electron chi connectivity index (χ0n) is 13.8. The molecule has 0 atom stereocenters. The fraction of sp³-hybridized carbons (Fsp3) is 0.471. The summed E-state index contributed by atoms with van der Waals surface area (Å²) in [5, 5.41) is 1.03. The van der Waals surface area contributed by atoms with Gasteiger partial charge in [0.15, 0.2) is 0 Å². The van der Waals surface area contributed by atoms with Crippen LogP contribution in [0.5, 0.6) is 0 Å². The second kappa shape index (κ2) is 8.60. The molecule has 1 aliphatic rings. The molecule has 24 heavy (non-hydrogen) atoms. The number of benzene rings is 1. The van der Waals surface area contributed by atoms with Crippen LogP contribution in [0.25, 0.3) is 10.9 Å². The van der Waals surface area contributed by atoms with Gasteiger partial charge in [0.05, 0.1) is 17.3 Å². The number of halogens is 2. The van der Waals surface area contributed by atoms with Crippen molar-refractivity contribution in [2.45, 2.75) is 44.6 Å². The molecule has 7 heteroatoms. The van der Waals surface area contributed by atoms with Gasteiger partial charge in [-0.3, -0.25) is 4.79 Å². The molecule has 0 spiro atoms. The van der Waals surface area contributed by atoms with Crippen LogP contribution >= 0.6 is 24.8 Å². The van der Waals surface area contributed by atoms with E-state index in [2.05, 4.69) is 16.0 Å². The molecule has 5 nitrogen and oxygen atoms in total. The number of carbonyl (C=O) groups excluding carboxylic acids is 1. The van der Waals surface area contributed by atoms with Gasteiger partial charge in [0.25, 0.3) is 5.91 Å². The lowest BCUT2D eigenvalue weighted by Gasteiger charge is -2.28. The van der Waals surface area contributed by atoms with Gasteiger partial charge >= 0.3 is 0 Å². The summed E-state index contributed by atoms with van der Waals surface area (Å²) in [6.07, 6.45) is 4.39. The summed E-state index contributed by atoms with van der Waals surface area (Å²) in [6.45, 7) is 2.05. The van der Waals surface area contributed by atoms with Crippen LogP contribution in [0.2, 0.25) is 0 Å². The van der Waals surface area contributed by atoms with Gasteiger partial charge in [-0.2, -0.15) is 0 Å². The molecular weight excluding hydrogens is 349 g/mol. The van der Waals surface area contributed by atoms with Crippen molar-refractivity contribution in [2.24, 2.45) is 5.73 Å². The molecule has 0 unspecified atom stereocenters. The third-order valence-corrected chi connectivity index (χ3v) is 4.50. The van der Waals surface area contributed by atoms with E-state index < -0.39 is 5.91 Å². The second-order valence-electron chi connectivity index (χ2n) is 6.03. The highest BCUT2D eigenvalue weighted by atomic mass is 35.5. The molecule has 1 aliphatic carbocycles. The van der Waals surface area contributed by atoms with Gasteiger partial charge in [-0.1, -0.05) is 11.6 Å². The van der Waals surface area contributed by atoms with Crippen molar-refractivity contribution in [3.63, 3.8) is 0 Å². The van der Waals surface area contributed by atoms with Crippen molar-refractivity contribution >= 4 is 41.6 Å². The highest BCUT2D eigenvalue weighted by molar-refractivity contribution is 5.92. The lowest BCUT2D eigenvalue weighted by atomic mass is 9.83. The summed E-state index contributed by atoms with van der Waals surface area (Å²) in [6, 6.07) is 6.02. The van der Waals surface area contributed by atoms with Crippen LogP contribution in [0.15, 0.2) is 18.2 Å². The number of carbonyl (C=O) groups is 1. The maximum atomic E-state index is 11.5. The lowest BCUT2D eigenvalue weighted by Crippen LogP contribution is -2.22. The average molecular weight is 372 g/mol. The van der Waals surface area contributed by atoms with Crippen molar-refractivity contribution in [3.05, 3.63) is 35.3 Å². The molecule has 3 rings (SSSR count). The van der Waals surface area contributed by atoms with Gasteiger partial charge in [0, 0.05) is 18.4 Å². The number of methoxy groups -OCH3 is 1. The predicted octanol–water partition coefficient (Wildman–Crippen LogP) is 3.55. The molecule has 0 radical (unpaired) electrons. The number of aryl methyl sites for hydroxylation is 1. The van der Waals surface area contributed by atoms with Gasteiger partial charge in [0.1, 0.15) is 0 Å². The third-order valence-electron chi connectivity index (χ3n) is 4.50. The average Bonchev–Trinajstić information content (AvgIpc) is 2.54. The Hall–Kier alpha value is -1.43. The summed E-state index contributed by atoms with van der Waals surface area (Å²) in [5.41, 5.74) is 8.30. The van der Waals surface area contributed by atoms with Crippen LogP contribution in [-0.4, -0.2) is 29.1 Å². The van der Waals surface area contributed by atoms with E-state index in [0.29, 0.717) is 12.0 Å². The first kappa shape index (κ1) is 20.6. The Morgan fingerprint density at radius 1 is 1.17 bits per heavy atom. The van der Waals surface area contributed by atoms with E-state index in [0.717, 1.165) is 47.8 Å². The molecule has 1 heterocycles. The molecule has 132 valence electrons. The van der Waals surface area contributed by atoms with Crippen LogP contribution in [0.1, 0.15) is 53.5 Å². The Morgan fingerprint density at radius 2 is 1.83 bits per heavy atom. The largest absolute Gasteiger partial charge is 0.381 e. The van der Waals surface area contributed by atoms with E-state index >= 15 is 0 Å². The highest BCUT2D eigenvalue weighted by Gasteiger charge is 2.25. The first-order valence-corrected chi connectivity index (χ1v) is 7.69. The van der Waals surface area contributed by atoms with Crippen molar-refractivity contribution in [2.75, 3.05) is 7.11 Å². The molecule has 1 aromatic carbocycles. The molecule has 0 aliphatic heterocycles. The van der Waals surface area contributed by atoms with Crippen molar-refractivity contribution < 1.29 is 9.53 Å². The first-order chi connectivity index (χ1) is 10.6. The van der Waals surface area contributed by atoms with Crippen molar-refractivity contribution in [1.82, 2.24) is 9.97 Å². The Labute approximate surface area is 154 Å². The smallest absolute Gasteiger partial charge is 0.286 e. The number of hydrogen-bond acceptors (Lipinski definition) is 4. The third kappa shape index (κ3) is 4.15. The molecule has 2 N–H and O–H groups in total. The summed E-state index contributed by atoms with van der Waals surface area (Å²) >= 11 is 0. The summed E-state index contributed by atoms with van der Waals surface area (Å²) < 4.78 is 5.44. The maximum absolute atomic E-state index is 11.5. The number of amides is 1. The summed E-state index contributed by atoms with van der Waals surface area (Å²) in [5.74, 6) is -0.133. The van der Waals surface area contributed by atoms with E-state index in [1.807, 2.05) is 19.1 Å². The Balaban J connectivity index is 0.00000144. The molecular formula is C17H23Cl2N3O2. The minimum Gasteiger partial charge on any atom is -0.381 e. The number of fused-ring (bicyclic) bond motifs is 1. The second-order valence-corrected chi connectivity index (χ2v) is 6.03. The minimum atomic E-state index is -0.575. The van der Waals surface area contributed by atoms with Gasteiger partial charge < -0.3 is 10.5 Å². The molecule has 1 amide bonds. The topological polar surface area (TPSA) is 78.1 Å². The zero-order valence-corrected chi connectivity index (χ0v) is 15.5. The quantitative estimate of drug-likeness (QED) is 0.894. The van der Waals surface area contributed by atoms with Crippen LogP contribution in [0.3, 0.4) is 0 Å². The van der Waals surface area contributed by atoms with Crippen LogP contribution < -0.4 is 5.73 Å². The van der Waals surface area contributed by atoms with Crippen LogP contribution in [0, 0.1) is 6.92 Å². The van der Waals surface area contributed by atoms with Crippen molar-refractivity contribution in [1.29, 1.82) is 0 Å². The van der Waals surface area contributed by atoms with Gasteiger partial charge in [-0.05, 0) is 44.7 Å². The molecule has 2 aromatic rings. The number of rotatable bonds is 3. The minimum absolute atomic E-state index is 0. The van der Waals surface area contributed by atoms with Crippen LogP contribution in [0.4, 0.5) is 0 Å². The predicted molar refractivity (Wildman–Crippen MR) is 99.3 cm³/mol. The lowest BCUT2D eigenvalue weighted by molar-refractivity contribution is 0.0656. The van der Waals surface area contributed by atoms with Gasteiger partial charge in [-0.15, -0.1) is 24.8 Å². The fourth-order valence-corrected chi connectivity index (χ4v) is 3.26. The van der Waals surface area contributed by atoms with E-state index in [-0.39, 0.29) is 30.6 Å². The Morgan fingerprint density at radius 3 is 2.42 bits per heavy atom. The van der Waals surface area contributed by atoms with Gasteiger partial charge in [0.2, 0.25) is 5.82 Å². The SMILES string of the molecule is COC1CCC(c2nc(C(N)=O)nc3ccc(C)cc23)CC1.Cl.Cl. The Bertz CT molecular complexity index is 716. The molecule has 1 aromatic heterocycles. The normalized spacial score (nSPS) is 20.1. The number of nitrogens with zero attached hydrogens (tertiary/aromatic N) is 2. The number of primary amides is 1. The van der Waals surface area contributed by atoms with E-state index in [9.17, 15) is 4.79 Å². The molecule has 0 saturated heterocycles. The number of nitrogens with two attached hydrogens (primary N) is 1. The monoisotopic (exact) mass is 371 g/mol. The fourth-order valence-electron chi connectivity index (χ4n) is 3.26. The number of hydrogen-bond donors (Lipinski definition) is 1. The van der Waals surface area contributed by atoms with Crippen molar-refractivity contribution in [3.8, 4) is 0 Å². The Kier molecular flexibility index (Phi) is 7.39. The molecule has 0 bridgehead atoms. The van der Waals surface area contributed by atoms with E-state index in [4.69, 9.17) is 10.5 Å². The standard InChI is InChI=1S/C17H21N3O2.2ClH/c1-10-3-8-14-13(9-10)15(20-17(19-14)16(18)21)11-4-6-12(22-2)7-5-11;;/h3,8-9,11-12H,4-7H2,1-2H3,(H2,18,21);2*1H. The molecule has 1 saturated carbocycles. The first-order valence-electron chi connectivity index (χ1n) is 7.69. The summed E-state index contributed by atoms with van der Waals surface area (Å²) in [4.78, 5) is 20.3. The van der Waals surface area contributed by atoms with Crippen LogP contribution in [-0.2, 0) is 4.74 Å². The molecule has 1 fully saturated rings. The number of aromatic nitrogens is 2. The number of ether oxygens (including phenoxy) is 1. The van der Waals surface area contributed by atoms with E-state index in [1.54, 1.807) is 7.11 Å². The maximum Gasteiger partial charge on any atom is 0.286 e. The van der Waals surface area contributed by atoms with E-state index in [1.165, 1.54) is 0 Å². The summed E-state index contributed by atoms with van der Waals surface area (Å²) in [7, 11) is 1.76.